The van der Waals surface area contributed by atoms with Crippen molar-refractivity contribution in [3.05, 3.63) is 77.9 Å². The third kappa shape index (κ3) is 9.44. The Morgan fingerprint density at radius 3 is 2.30 bits per heavy atom. The van der Waals surface area contributed by atoms with Gasteiger partial charge in [0.2, 0.25) is 0 Å². The Balaban J connectivity index is 1.72. The second-order valence-corrected chi connectivity index (χ2v) is 10.3. The van der Waals surface area contributed by atoms with Crippen molar-refractivity contribution in [3.8, 4) is 16.9 Å². The highest BCUT2D eigenvalue weighted by molar-refractivity contribution is 5.90. The lowest BCUT2D eigenvalue weighted by molar-refractivity contribution is -0.206. The third-order valence-corrected chi connectivity index (χ3v) is 6.73. The first-order valence-corrected chi connectivity index (χ1v) is 14.0. The molecular weight excluding hydrogens is 508 g/mol. The van der Waals surface area contributed by atoms with Crippen LogP contribution >= 0.6 is 0 Å². The van der Waals surface area contributed by atoms with Gasteiger partial charge in [0.05, 0.1) is 37.6 Å². The van der Waals surface area contributed by atoms with Crippen molar-refractivity contribution >= 4 is 11.9 Å². The summed E-state index contributed by atoms with van der Waals surface area (Å²) >= 11 is 0. The first kappa shape index (κ1) is 31.3. The van der Waals surface area contributed by atoms with Gasteiger partial charge in [-0.3, -0.25) is 0 Å². The van der Waals surface area contributed by atoms with Crippen LogP contribution in [0.4, 0.5) is 0 Å². The van der Waals surface area contributed by atoms with Crippen molar-refractivity contribution < 1.29 is 33.3 Å². The standard InChI is InChI=1S/C33H42O7/c1-6-7-8-10-26-21-38-33(39-22-26)29-19-28(16-17-30(29)40-32(35)24(4)20-36-5)27-14-12-25(13-15-27)11-9-18-37-31(34)23(2)3/h12-17,19,26,33H,2,4,6-11,18,20-22H2,1,3,5H3. The van der Waals surface area contributed by atoms with Gasteiger partial charge >= 0.3 is 11.9 Å². The van der Waals surface area contributed by atoms with E-state index in [-0.39, 0.29) is 18.1 Å². The Bertz CT molecular complexity index is 1140. The van der Waals surface area contributed by atoms with Crippen LogP contribution in [-0.4, -0.2) is 45.5 Å². The summed E-state index contributed by atoms with van der Waals surface area (Å²) in [6.45, 7) is 12.8. The van der Waals surface area contributed by atoms with Crippen LogP contribution in [-0.2, 0) is 35.0 Å². The quantitative estimate of drug-likeness (QED) is 0.105. The van der Waals surface area contributed by atoms with Crippen LogP contribution in [0.2, 0.25) is 0 Å². The van der Waals surface area contributed by atoms with Crippen molar-refractivity contribution in [2.24, 2.45) is 5.92 Å². The number of methoxy groups -OCH3 is 1. The maximum Gasteiger partial charge on any atom is 0.341 e. The molecule has 1 heterocycles. The molecule has 0 N–H and O–H groups in total. The zero-order valence-electron chi connectivity index (χ0n) is 24.0. The van der Waals surface area contributed by atoms with Gasteiger partial charge in [-0.2, -0.15) is 0 Å². The first-order chi connectivity index (χ1) is 19.3. The topological polar surface area (TPSA) is 80.3 Å². The number of carbonyl (C=O) groups excluding carboxylic acids is 2. The van der Waals surface area contributed by atoms with Crippen molar-refractivity contribution in [2.45, 2.75) is 58.7 Å². The first-order valence-electron chi connectivity index (χ1n) is 14.0. The summed E-state index contributed by atoms with van der Waals surface area (Å²) in [4.78, 5) is 24.1. The number of unbranched alkanes of at least 4 members (excludes halogenated alkanes) is 2. The largest absolute Gasteiger partial charge is 0.462 e. The average Bonchev–Trinajstić information content (AvgIpc) is 2.96. The summed E-state index contributed by atoms with van der Waals surface area (Å²) in [6, 6.07) is 13.9. The fraction of sp³-hybridized carbons (Fsp3) is 0.455. The lowest BCUT2D eigenvalue weighted by Crippen LogP contribution is -2.27. The van der Waals surface area contributed by atoms with Gasteiger partial charge in [0, 0.05) is 18.6 Å². The molecule has 1 aliphatic heterocycles. The van der Waals surface area contributed by atoms with E-state index in [4.69, 9.17) is 23.7 Å². The normalized spacial score (nSPS) is 16.8. The Hall–Kier alpha value is -3.26. The van der Waals surface area contributed by atoms with Gasteiger partial charge in [-0.25, -0.2) is 9.59 Å². The number of aryl methyl sites for hydroxylation is 1. The monoisotopic (exact) mass is 550 g/mol. The van der Waals surface area contributed by atoms with Gasteiger partial charge in [0.1, 0.15) is 5.75 Å². The number of hydrogen-bond donors (Lipinski definition) is 0. The Kier molecular flexibility index (Phi) is 12.6. The van der Waals surface area contributed by atoms with Crippen molar-refractivity contribution in [2.75, 3.05) is 33.5 Å². The van der Waals surface area contributed by atoms with Crippen LogP contribution in [0.15, 0.2) is 66.8 Å². The van der Waals surface area contributed by atoms with Crippen LogP contribution in [0.5, 0.6) is 5.75 Å². The smallest absolute Gasteiger partial charge is 0.341 e. The van der Waals surface area contributed by atoms with Crippen molar-refractivity contribution in [3.63, 3.8) is 0 Å². The minimum Gasteiger partial charge on any atom is -0.462 e. The number of hydrogen-bond acceptors (Lipinski definition) is 7. The molecule has 0 unspecified atom stereocenters. The maximum absolute atomic E-state index is 12.6. The van der Waals surface area contributed by atoms with Gasteiger partial charge in [-0.1, -0.05) is 69.7 Å². The average molecular weight is 551 g/mol. The highest BCUT2D eigenvalue weighted by Gasteiger charge is 2.27. The summed E-state index contributed by atoms with van der Waals surface area (Å²) in [5, 5.41) is 0. The van der Waals surface area contributed by atoms with E-state index < -0.39 is 12.3 Å². The predicted molar refractivity (Wildman–Crippen MR) is 155 cm³/mol. The highest BCUT2D eigenvalue weighted by Crippen LogP contribution is 2.36. The summed E-state index contributed by atoms with van der Waals surface area (Å²) in [5.74, 6) is -0.180. The van der Waals surface area contributed by atoms with E-state index in [9.17, 15) is 9.59 Å². The van der Waals surface area contributed by atoms with Crippen LogP contribution in [0.3, 0.4) is 0 Å². The minimum absolute atomic E-state index is 0.0881. The van der Waals surface area contributed by atoms with Crippen molar-refractivity contribution in [1.82, 2.24) is 0 Å². The van der Waals surface area contributed by atoms with Crippen LogP contribution in [0, 0.1) is 5.92 Å². The van der Waals surface area contributed by atoms with Gasteiger partial charge < -0.3 is 23.7 Å². The van der Waals surface area contributed by atoms with Gasteiger partial charge in [-0.05, 0) is 55.0 Å². The summed E-state index contributed by atoms with van der Waals surface area (Å²) in [7, 11) is 1.50. The molecule has 0 atom stereocenters. The second kappa shape index (κ2) is 16.1. The molecule has 3 rings (SSSR count). The molecule has 0 radical (unpaired) electrons. The zero-order valence-corrected chi connectivity index (χ0v) is 24.0. The molecule has 0 aliphatic carbocycles. The van der Waals surface area contributed by atoms with E-state index in [1.807, 2.05) is 24.3 Å². The molecule has 1 saturated heterocycles. The molecule has 2 aromatic rings. The van der Waals surface area contributed by atoms with Crippen LogP contribution < -0.4 is 4.74 Å². The Morgan fingerprint density at radius 1 is 0.950 bits per heavy atom. The summed E-state index contributed by atoms with van der Waals surface area (Å²) in [6.07, 6.45) is 5.50. The molecule has 7 nitrogen and oxygen atoms in total. The van der Waals surface area contributed by atoms with E-state index in [0.717, 1.165) is 42.4 Å². The molecular formula is C33H42O7. The lowest BCUT2D eigenvalue weighted by atomic mass is 9.99. The third-order valence-electron chi connectivity index (χ3n) is 6.73. The molecule has 216 valence electrons. The summed E-state index contributed by atoms with van der Waals surface area (Å²) in [5.41, 5.74) is 4.39. The van der Waals surface area contributed by atoms with E-state index >= 15 is 0 Å². The molecule has 1 aliphatic rings. The second-order valence-electron chi connectivity index (χ2n) is 10.3. The summed E-state index contributed by atoms with van der Waals surface area (Å²) < 4.78 is 28.2. The van der Waals surface area contributed by atoms with Gasteiger partial charge in [0.15, 0.2) is 6.29 Å². The van der Waals surface area contributed by atoms with E-state index in [0.29, 0.717) is 42.6 Å². The molecule has 40 heavy (non-hydrogen) atoms. The van der Waals surface area contributed by atoms with Crippen LogP contribution in [0.25, 0.3) is 11.1 Å². The molecule has 0 spiro atoms. The predicted octanol–water partition coefficient (Wildman–Crippen LogP) is 6.76. The number of rotatable bonds is 15. The fourth-order valence-electron chi connectivity index (χ4n) is 4.41. The van der Waals surface area contributed by atoms with E-state index in [1.54, 1.807) is 13.0 Å². The molecule has 7 heteroatoms. The molecule has 0 aromatic heterocycles. The number of ether oxygens (including phenoxy) is 5. The zero-order chi connectivity index (χ0) is 28.9. The van der Waals surface area contributed by atoms with Gasteiger partial charge in [0.25, 0.3) is 0 Å². The fourth-order valence-corrected chi connectivity index (χ4v) is 4.41. The molecule has 0 amide bonds. The van der Waals surface area contributed by atoms with Gasteiger partial charge in [-0.15, -0.1) is 0 Å². The molecule has 0 bridgehead atoms. The Labute approximate surface area is 238 Å². The van der Waals surface area contributed by atoms with Crippen LogP contribution in [0.1, 0.15) is 63.4 Å². The number of carbonyl (C=O) groups is 2. The van der Waals surface area contributed by atoms with Crippen molar-refractivity contribution in [1.29, 1.82) is 0 Å². The lowest BCUT2D eigenvalue weighted by Gasteiger charge is -2.30. The number of benzene rings is 2. The SMILES string of the molecule is C=C(C)C(=O)OCCCc1ccc(-c2ccc(OC(=O)C(=C)COC)c(C3OCC(CCCCC)CO3)c2)cc1. The van der Waals surface area contributed by atoms with E-state index in [2.05, 4.69) is 32.2 Å². The Morgan fingerprint density at radius 2 is 1.65 bits per heavy atom. The van der Waals surface area contributed by atoms with E-state index in [1.165, 1.54) is 20.0 Å². The number of esters is 2. The maximum atomic E-state index is 12.6. The molecule has 2 aromatic carbocycles. The molecule has 0 saturated carbocycles. The molecule has 1 fully saturated rings. The highest BCUT2D eigenvalue weighted by atomic mass is 16.7. The minimum atomic E-state index is -0.637.